The predicted octanol–water partition coefficient (Wildman–Crippen LogP) is 1.49. The van der Waals surface area contributed by atoms with Crippen molar-refractivity contribution in [1.29, 1.82) is 0 Å². The maximum atomic E-state index is 11.6. The lowest BCUT2D eigenvalue weighted by molar-refractivity contribution is -0.127. The summed E-state index contributed by atoms with van der Waals surface area (Å²) in [7, 11) is 0. The Morgan fingerprint density at radius 2 is 1.71 bits per heavy atom. The van der Waals surface area contributed by atoms with Crippen LogP contribution in [0.25, 0.3) is 0 Å². The highest BCUT2D eigenvalue weighted by Crippen LogP contribution is 2.23. The molecule has 0 aromatic carbocycles. The summed E-state index contributed by atoms with van der Waals surface area (Å²) in [6.45, 7) is 5.48. The first-order valence-corrected chi connectivity index (χ1v) is 6.77. The van der Waals surface area contributed by atoms with Gasteiger partial charge in [-0.3, -0.25) is 9.69 Å². The average Bonchev–Trinajstić information content (AvgIpc) is 2.40. The standard InChI is InChI=1S/C14H22N2O/c1-2-6-14(17)16-11-9-15(10-12-16)13-7-4-3-5-8-13/h13H,3-5,7-12H2,1H3. The van der Waals surface area contributed by atoms with Crippen LogP contribution in [0.5, 0.6) is 0 Å². The van der Waals surface area contributed by atoms with E-state index in [2.05, 4.69) is 16.7 Å². The second-order valence-corrected chi connectivity index (χ2v) is 5.00. The Kier molecular flexibility index (Phi) is 4.44. The Morgan fingerprint density at radius 1 is 1.06 bits per heavy atom. The third-order valence-electron chi connectivity index (χ3n) is 3.92. The molecule has 1 aliphatic carbocycles. The number of hydrogen-bond donors (Lipinski definition) is 0. The molecule has 2 rings (SSSR count). The van der Waals surface area contributed by atoms with Gasteiger partial charge in [-0.15, -0.1) is 0 Å². The van der Waals surface area contributed by atoms with Crippen molar-refractivity contribution in [2.24, 2.45) is 0 Å². The summed E-state index contributed by atoms with van der Waals surface area (Å²) in [6.07, 6.45) is 6.86. The summed E-state index contributed by atoms with van der Waals surface area (Å²) < 4.78 is 0. The van der Waals surface area contributed by atoms with E-state index in [4.69, 9.17) is 0 Å². The highest BCUT2D eigenvalue weighted by Gasteiger charge is 2.26. The third kappa shape index (κ3) is 3.23. The maximum absolute atomic E-state index is 11.6. The first kappa shape index (κ1) is 12.4. The normalized spacial score (nSPS) is 23.0. The third-order valence-corrected chi connectivity index (χ3v) is 3.92. The highest BCUT2D eigenvalue weighted by molar-refractivity contribution is 5.93. The lowest BCUT2D eigenvalue weighted by Gasteiger charge is -2.40. The highest BCUT2D eigenvalue weighted by atomic mass is 16.2. The molecule has 0 aromatic heterocycles. The molecular formula is C14H22N2O. The fourth-order valence-electron chi connectivity index (χ4n) is 2.92. The van der Waals surface area contributed by atoms with Crippen LogP contribution in [0.1, 0.15) is 39.0 Å². The second kappa shape index (κ2) is 6.07. The van der Waals surface area contributed by atoms with Gasteiger partial charge in [0.05, 0.1) is 0 Å². The molecule has 3 nitrogen and oxygen atoms in total. The zero-order valence-corrected chi connectivity index (χ0v) is 10.7. The molecule has 94 valence electrons. The number of carbonyl (C=O) groups excluding carboxylic acids is 1. The van der Waals surface area contributed by atoms with Crippen LogP contribution < -0.4 is 0 Å². The molecule has 0 aromatic rings. The second-order valence-electron chi connectivity index (χ2n) is 5.00. The summed E-state index contributed by atoms with van der Waals surface area (Å²) in [5, 5.41) is 0. The van der Waals surface area contributed by atoms with Gasteiger partial charge in [-0.2, -0.15) is 0 Å². The van der Waals surface area contributed by atoms with Crippen LogP contribution in [0.3, 0.4) is 0 Å². The Labute approximate surface area is 104 Å². The molecule has 2 aliphatic rings. The first-order valence-electron chi connectivity index (χ1n) is 6.77. The summed E-state index contributed by atoms with van der Waals surface area (Å²) in [5.74, 6) is 5.31. The Balaban J connectivity index is 1.80. The van der Waals surface area contributed by atoms with Gasteiger partial charge in [-0.1, -0.05) is 25.2 Å². The predicted molar refractivity (Wildman–Crippen MR) is 68.5 cm³/mol. The number of amides is 1. The van der Waals surface area contributed by atoms with Crippen molar-refractivity contribution >= 4 is 5.91 Å². The van der Waals surface area contributed by atoms with Crippen LogP contribution >= 0.6 is 0 Å². The Hall–Kier alpha value is -1.01. The van der Waals surface area contributed by atoms with Crippen molar-refractivity contribution in [3.8, 4) is 11.8 Å². The average molecular weight is 234 g/mol. The maximum Gasteiger partial charge on any atom is 0.298 e. The molecule has 0 radical (unpaired) electrons. The minimum absolute atomic E-state index is 0.00389. The van der Waals surface area contributed by atoms with Gasteiger partial charge >= 0.3 is 0 Å². The fourth-order valence-corrected chi connectivity index (χ4v) is 2.92. The summed E-state index contributed by atoms with van der Waals surface area (Å²) in [6, 6.07) is 0.776. The summed E-state index contributed by atoms with van der Waals surface area (Å²) in [4.78, 5) is 16.1. The van der Waals surface area contributed by atoms with Gasteiger partial charge in [0, 0.05) is 32.2 Å². The lowest BCUT2D eigenvalue weighted by Crippen LogP contribution is -2.52. The zero-order valence-electron chi connectivity index (χ0n) is 10.7. The van der Waals surface area contributed by atoms with Crippen LogP contribution in [-0.4, -0.2) is 47.9 Å². The van der Waals surface area contributed by atoms with E-state index >= 15 is 0 Å². The molecule has 1 saturated heterocycles. The van der Waals surface area contributed by atoms with Crippen LogP contribution in [0, 0.1) is 11.8 Å². The molecule has 1 heterocycles. The Morgan fingerprint density at radius 3 is 2.29 bits per heavy atom. The molecule has 0 bridgehead atoms. The first-order chi connectivity index (χ1) is 8.31. The van der Waals surface area contributed by atoms with Gasteiger partial charge in [-0.25, -0.2) is 0 Å². The fraction of sp³-hybridized carbons (Fsp3) is 0.786. The number of rotatable bonds is 1. The van der Waals surface area contributed by atoms with Crippen LogP contribution in [0.2, 0.25) is 0 Å². The van der Waals surface area contributed by atoms with E-state index in [1.807, 2.05) is 4.90 Å². The van der Waals surface area contributed by atoms with Crippen molar-refractivity contribution in [1.82, 2.24) is 9.80 Å². The van der Waals surface area contributed by atoms with Crippen molar-refractivity contribution in [3.05, 3.63) is 0 Å². The van der Waals surface area contributed by atoms with Gasteiger partial charge in [0.15, 0.2) is 0 Å². The van der Waals surface area contributed by atoms with Crippen LogP contribution in [0.4, 0.5) is 0 Å². The van der Waals surface area contributed by atoms with Gasteiger partial charge in [0.25, 0.3) is 5.91 Å². The largest absolute Gasteiger partial charge is 0.329 e. The van der Waals surface area contributed by atoms with E-state index in [1.165, 1.54) is 32.1 Å². The molecule has 1 aliphatic heterocycles. The van der Waals surface area contributed by atoms with E-state index < -0.39 is 0 Å². The van der Waals surface area contributed by atoms with E-state index in [9.17, 15) is 4.79 Å². The van der Waals surface area contributed by atoms with Crippen molar-refractivity contribution in [2.75, 3.05) is 26.2 Å². The molecule has 1 saturated carbocycles. The minimum Gasteiger partial charge on any atom is -0.329 e. The number of piperazine rings is 1. The van der Waals surface area contributed by atoms with E-state index in [1.54, 1.807) is 6.92 Å². The molecule has 0 spiro atoms. The molecule has 3 heteroatoms. The monoisotopic (exact) mass is 234 g/mol. The molecule has 17 heavy (non-hydrogen) atoms. The number of hydrogen-bond acceptors (Lipinski definition) is 2. The summed E-state index contributed by atoms with van der Waals surface area (Å²) >= 11 is 0. The van der Waals surface area contributed by atoms with Crippen molar-refractivity contribution in [2.45, 2.75) is 45.1 Å². The number of carbonyl (C=O) groups is 1. The summed E-state index contributed by atoms with van der Waals surface area (Å²) in [5.41, 5.74) is 0. The minimum atomic E-state index is -0.00389. The molecule has 0 unspecified atom stereocenters. The van der Waals surface area contributed by atoms with Gasteiger partial charge in [0.1, 0.15) is 0 Å². The van der Waals surface area contributed by atoms with Gasteiger partial charge in [0.2, 0.25) is 0 Å². The molecular weight excluding hydrogens is 212 g/mol. The zero-order chi connectivity index (χ0) is 12.1. The van der Waals surface area contributed by atoms with Crippen molar-refractivity contribution < 1.29 is 4.79 Å². The Bertz CT molecular complexity index is 315. The van der Waals surface area contributed by atoms with Gasteiger partial charge in [-0.05, 0) is 25.7 Å². The number of nitrogens with zero attached hydrogens (tertiary/aromatic N) is 2. The molecule has 2 fully saturated rings. The quantitative estimate of drug-likeness (QED) is 0.642. The molecule has 1 amide bonds. The molecule has 0 atom stereocenters. The van der Waals surface area contributed by atoms with E-state index in [0.717, 1.165) is 32.2 Å². The van der Waals surface area contributed by atoms with E-state index in [-0.39, 0.29) is 5.91 Å². The lowest BCUT2D eigenvalue weighted by atomic mass is 9.94. The van der Waals surface area contributed by atoms with Crippen molar-refractivity contribution in [3.63, 3.8) is 0 Å². The SMILES string of the molecule is CC#CC(=O)N1CCN(C2CCCCC2)CC1. The van der Waals surface area contributed by atoms with Gasteiger partial charge < -0.3 is 4.90 Å². The van der Waals surface area contributed by atoms with E-state index in [0.29, 0.717) is 0 Å². The van der Waals surface area contributed by atoms with Crippen LogP contribution in [0.15, 0.2) is 0 Å². The topological polar surface area (TPSA) is 23.6 Å². The molecule has 0 N–H and O–H groups in total. The van der Waals surface area contributed by atoms with Crippen LogP contribution in [-0.2, 0) is 4.79 Å². The smallest absolute Gasteiger partial charge is 0.298 e.